The van der Waals surface area contributed by atoms with Gasteiger partial charge in [0, 0.05) is 49.5 Å². The Balaban J connectivity index is 1.58. The fourth-order valence-corrected chi connectivity index (χ4v) is 3.30. The molecule has 0 unspecified atom stereocenters. The molecule has 1 fully saturated rings. The van der Waals surface area contributed by atoms with E-state index in [0.29, 0.717) is 5.92 Å². The number of pyridine rings is 1. The standard InChI is InChI=1S/C18H20N6/c1-14-20-9-11-24(14)17-6-2-5-16(22-17)15-4-3-10-23(13-15)18-12-19-7-8-21-18/h2,5-9,11-12,15H,3-4,10,13H2,1H3/t15-/m0/s1. The molecule has 1 saturated heterocycles. The Hall–Kier alpha value is -2.76. The molecule has 0 aromatic carbocycles. The van der Waals surface area contributed by atoms with Crippen LogP contribution in [0.1, 0.15) is 30.3 Å². The van der Waals surface area contributed by atoms with Crippen LogP contribution in [0.15, 0.2) is 49.2 Å². The van der Waals surface area contributed by atoms with E-state index in [1.54, 1.807) is 18.6 Å². The molecule has 3 aromatic heterocycles. The molecular weight excluding hydrogens is 300 g/mol. The molecule has 1 aliphatic rings. The van der Waals surface area contributed by atoms with E-state index in [2.05, 4.69) is 32.0 Å². The Morgan fingerprint density at radius 3 is 2.83 bits per heavy atom. The second kappa shape index (κ2) is 6.39. The van der Waals surface area contributed by atoms with Crippen LogP contribution < -0.4 is 4.90 Å². The minimum Gasteiger partial charge on any atom is -0.355 e. The van der Waals surface area contributed by atoms with Crippen LogP contribution in [0.25, 0.3) is 5.82 Å². The van der Waals surface area contributed by atoms with Crippen molar-refractivity contribution in [1.82, 2.24) is 24.5 Å². The summed E-state index contributed by atoms with van der Waals surface area (Å²) in [5.41, 5.74) is 1.13. The minimum absolute atomic E-state index is 0.407. The van der Waals surface area contributed by atoms with Crippen molar-refractivity contribution < 1.29 is 0 Å². The van der Waals surface area contributed by atoms with Crippen molar-refractivity contribution in [2.75, 3.05) is 18.0 Å². The first-order valence-electron chi connectivity index (χ1n) is 8.29. The van der Waals surface area contributed by atoms with Crippen LogP contribution in [0.4, 0.5) is 5.82 Å². The van der Waals surface area contributed by atoms with Crippen LogP contribution in [0.2, 0.25) is 0 Å². The highest BCUT2D eigenvalue weighted by molar-refractivity contribution is 5.37. The van der Waals surface area contributed by atoms with E-state index in [-0.39, 0.29) is 0 Å². The summed E-state index contributed by atoms with van der Waals surface area (Å²) in [7, 11) is 0. The molecule has 0 bridgehead atoms. The van der Waals surface area contributed by atoms with Crippen molar-refractivity contribution in [3.63, 3.8) is 0 Å². The van der Waals surface area contributed by atoms with E-state index in [4.69, 9.17) is 4.98 Å². The summed E-state index contributed by atoms with van der Waals surface area (Å²) in [6.45, 7) is 3.94. The number of piperidine rings is 1. The van der Waals surface area contributed by atoms with Gasteiger partial charge in [0.15, 0.2) is 0 Å². The van der Waals surface area contributed by atoms with Gasteiger partial charge < -0.3 is 4.90 Å². The predicted octanol–water partition coefficient (Wildman–Crippen LogP) is 2.75. The number of imidazole rings is 1. The van der Waals surface area contributed by atoms with Crippen molar-refractivity contribution in [3.05, 3.63) is 60.7 Å². The highest BCUT2D eigenvalue weighted by atomic mass is 15.2. The van der Waals surface area contributed by atoms with Gasteiger partial charge in [0.25, 0.3) is 0 Å². The molecule has 1 atom stereocenters. The van der Waals surface area contributed by atoms with Gasteiger partial charge in [-0.1, -0.05) is 6.07 Å². The molecule has 24 heavy (non-hydrogen) atoms. The number of aryl methyl sites for hydroxylation is 1. The van der Waals surface area contributed by atoms with Crippen LogP contribution in [-0.4, -0.2) is 37.6 Å². The summed E-state index contributed by atoms with van der Waals surface area (Å²) >= 11 is 0. The molecule has 0 saturated carbocycles. The van der Waals surface area contributed by atoms with Crippen LogP contribution in [-0.2, 0) is 0 Å². The van der Waals surface area contributed by atoms with E-state index in [0.717, 1.165) is 49.1 Å². The highest BCUT2D eigenvalue weighted by Gasteiger charge is 2.23. The molecule has 0 amide bonds. The molecular formula is C18H20N6. The molecule has 122 valence electrons. The number of anilines is 1. The maximum absolute atomic E-state index is 4.89. The topological polar surface area (TPSA) is 59.7 Å². The first-order valence-corrected chi connectivity index (χ1v) is 8.29. The lowest BCUT2D eigenvalue weighted by atomic mass is 9.94. The molecule has 4 rings (SSSR count). The zero-order valence-corrected chi connectivity index (χ0v) is 13.7. The van der Waals surface area contributed by atoms with E-state index >= 15 is 0 Å². The van der Waals surface area contributed by atoms with Crippen molar-refractivity contribution in [3.8, 4) is 5.82 Å². The van der Waals surface area contributed by atoms with E-state index in [1.807, 2.05) is 30.0 Å². The quantitative estimate of drug-likeness (QED) is 0.742. The average Bonchev–Trinajstić information content (AvgIpc) is 3.09. The number of rotatable bonds is 3. The smallest absolute Gasteiger partial charge is 0.147 e. The second-order valence-electron chi connectivity index (χ2n) is 6.11. The van der Waals surface area contributed by atoms with Gasteiger partial charge in [-0.05, 0) is 31.9 Å². The number of hydrogen-bond donors (Lipinski definition) is 0. The monoisotopic (exact) mass is 320 g/mol. The third-order valence-electron chi connectivity index (χ3n) is 4.54. The normalized spacial score (nSPS) is 17.9. The fourth-order valence-electron chi connectivity index (χ4n) is 3.30. The summed E-state index contributed by atoms with van der Waals surface area (Å²) in [4.78, 5) is 20.1. The maximum atomic E-state index is 4.89. The minimum atomic E-state index is 0.407. The molecule has 0 spiro atoms. The van der Waals surface area contributed by atoms with Gasteiger partial charge >= 0.3 is 0 Å². The average molecular weight is 320 g/mol. The van der Waals surface area contributed by atoms with E-state index in [1.165, 1.54) is 0 Å². The zero-order chi connectivity index (χ0) is 16.4. The lowest BCUT2D eigenvalue weighted by Gasteiger charge is -2.33. The first kappa shape index (κ1) is 14.8. The number of hydrogen-bond acceptors (Lipinski definition) is 5. The Labute approximate surface area is 141 Å². The van der Waals surface area contributed by atoms with E-state index in [9.17, 15) is 0 Å². The molecule has 0 aliphatic carbocycles. The van der Waals surface area contributed by atoms with Gasteiger partial charge in [0.2, 0.25) is 0 Å². The van der Waals surface area contributed by atoms with Gasteiger partial charge in [-0.15, -0.1) is 0 Å². The third kappa shape index (κ3) is 2.87. The fraction of sp³-hybridized carbons (Fsp3) is 0.333. The van der Waals surface area contributed by atoms with Gasteiger partial charge in [0.1, 0.15) is 17.5 Å². The molecule has 6 nitrogen and oxygen atoms in total. The largest absolute Gasteiger partial charge is 0.355 e. The Bertz CT molecular complexity index is 813. The summed E-state index contributed by atoms with van der Waals surface area (Å²) in [6, 6.07) is 6.24. The van der Waals surface area contributed by atoms with Crippen molar-refractivity contribution in [1.29, 1.82) is 0 Å². The molecule has 6 heteroatoms. The van der Waals surface area contributed by atoms with Gasteiger partial charge in [0.05, 0.1) is 6.20 Å². The maximum Gasteiger partial charge on any atom is 0.147 e. The summed E-state index contributed by atoms with van der Waals surface area (Å²) in [5, 5.41) is 0. The Kier molecular flexibility index (Phi) is 3.94. The van der Waals surface area contributed by atoms with Gasteiger partial charge in [-0.2, -0.15) is 0 Å². The van der Waals surface area contributed by atoms with Crippen molar-refractivity contribution in [2.24, 2.45) is 0 Å². The number of nitrogens with zero attached hydrogens (tertiary/aromatic N) is 6. The SMILES string of the molecule is Cc1nccn1-c1cccc([C@H]2CCCN(c3cnccn3)C2)n1. The zero-order valence-electron chi connectivity index (χ0n) is 13.7. The molecule has 0 N–H and O–H groups in total. The Morgan fingerprint density at radius 1 is 1.08 bits per heavy atom. The molecule has 4 heterocycles. The summed E-state index contributed by atoms with van der Waals surface area (Å²) < 4.78 is 2.02. The van der Waals surface area contributed by atoms with Crippen LogP contribution >= 0.6 is 0 Å². The van der Waals surface area contributed by atoms with Gasteiger partial charge in [-0.3, -0.25) is 9.55 Å². The van der Waals surface area contributed by atoms with E-state index < -0.39 is 0 Å². The molecule has 1 aliphatic heterocycles. The number of aromatic nitrogens is 5. The predicted molar refractivity (Wildman–Crippen MR) is 92.3 cm³/mol. The summed E-state index contributed by atoms with van der Waals surface area (Å²) in [5.74, 6) is 3.23. The second-order valence-corrected chi connectivity index (χ2v) is 6.11. The lowest BCUT2D eigenvalue weighted by molar-refractivity contribution is 0.497. The lowest BCUT2D eigenvalue weighted by Crippen LogP contribution is -2.35. The van der Waals surface area contributed by atoms with Crippen molar-refractivity contribution >= 4 is 5.82 Å². The summed E-state index contributed by atoms with van der Waals surface area (Å²) in [6.07, 6.45) is 11.3. The Morgan fingerprint density at radius 2 is 2.04 bits per heavy atom. The first-order chi connectivity index (χ1) is 11.8. The van der Waals surface area contributed by atoms with Crippen LogP contribution in [0.3, 0.4) is 0 Å². The van der Waals surface area contributed by atoms with Crippen LogP contribution in [0, 0.1) is 6.92 Å². The third-order valence-corrected chi connectivity index (χ3v) is 4.54. The van der Waals surface area contributed by atoms with Crippen LogP contribution in [0.5, 0.6) is 0 Å². The molecule has 3 aromatic rings. The van der Waals surface area contributed by atoms with Gasteiger partial charge in [-0.25, -0.2) is 15.0 Å². The highest BCUT2D eigenvalue weighted by Crippen LogP contribution is 2.28. The van der Waals surface area contributed by atoms with Crippen molar-refractivity contribution in [2.45, 2.75) is 25.7 Å². The molecule has 0 radical (unpaired) electrons.